The number of halogens is 2. The Morgan fingerprint density at radius 3 is 2.52 bits per heavy atom. The van der Waals surface area contributed by atoms with Gasteiger partial charge in [-0.3, -0.25) is 4.79 Å². The van der Waals surface area contributed by atoms with Gasteiger partial charge < -0.3 is 10.4 Å². The number of hydrogen-bond donors (Lipinski definition) is 2. The molecule has 0 bridgehead atoms. The highest BCUT2D eigenvalue weighted by atomic mass is 35.5. The van der Waals surface area contributed by atoms with Gasteiger partial charge in [0.05, 0.1) is 11.0 Å². The van der Waals surface area contributed by atoms with E-state index in [2.05, 4.69) is 18.0 Å². The van der Waals surface area contributed by atoms with Crippen LogP contribution in [0, 0.1) is 11.3 Å². The van der Waals surface area contributed by atoms with Crippen LogP contribution in [0.3, 0.4) is 0 Å². The van der Waals surface area contributed by atoms with Gasteiger partial charge in [-0.1, -0.05) is 60.5 Å². The molecule has 31 heavy (non-hydrogen) atoms. The Bertz CT molecular complexity index is 972. The number of allylic oxidation sites excluding steroid dienone is 1. The average Bonchev–Trinajstić information content (AvgIpc) is 3.57. The van der Waals surface area contributed by atoms with Crippen molar-refractivity contribution in [1.82, 2.24) is 5.32 Å². The zero-order chi connectivity index (χ0) is 22.2. The molecule has 1 saturated heterocycles. The molecule has 2 aromatic rings. The normalized spacial score (nSPS) is 27.9. The number of amides is 1. The molecule has 1 aliphatic carbocycles. The summed E-state index contributed by atoms with van der Waals surface area (Å²) in [6, 6.07) is 15.1. The van der Waals surface area contributed by atoms with Gasteiger partial charge in [0.2, 0.25) is 5.91 Å². The smallest absolute Gasteiger partial charge is 0.226 e. The summed E-state index contributed by atoms with van der Waals surface area (Å²) in [7, 11) is 0. The van der Waals surface area contributed by atoms with Crippen molar-refractivity contribution >= 4 is 29.1 Å². The predicted octanol–water partition coefficient (Wildman–Crippen LogP) is 6.24. The van der Waals surface area contributed by atoms with Gasteiger partial charge in [-0.25, -0.2) is 0 Å². The van der Waals surface area contributed by atoms with Crippen LogP contribution in [0.5, 0.6) is 0 Å². The second kappa shape index (κ2) is 8.61. The minimum absolute atomic E-state index is 0.0185. The van der Waals surface area contributed by atoms with Crippen LogP contribution in [0.2, 0.25) is 10.0 Å². The van der Waals surface area contributed by atoms with Crippen LogP contribution < -0.4 is 5.32 Å². The fourth-order valence-corrected chi connectivity index (χ4v) is 5.42. The van der Waals surface area contributed by atoms with Gasteiger partial charge in [0, 0.05) is 28.4 Å². The van der Waals surface area contributed by atoms with E-state index in [0.717, 1.165) is 24.0 Å². The summed E-state index contributed by atoms with van der Waals surface area (Å²) in [6.45, 7) is 5.84. The first kappa shape index (κ1) is 22.4. The van der Waals surface area contributed by atoms with E-state index in [-0.39, 0.29) is 23.8 Å². The van der Waals surface area contributed by atoms with Crippen LogP contribution in [0.15, 0.2) is 61.2 Å². The van der Waals surface area contributed by atoms with Crippen LogP contribution in [0.4, 0.5) is 0 Å². The zero-order valence-corrected chi connectivity index (χ0v) is 19.3. The van der Waals surface area contributed by atoms with Crippen molar-refractivity contribution in [2.45, 2.75) is 56.6 Å². The maximum absolute atomic E-state index is 13.1. The van der Waals surface area contributed by atoms with Gasteiger partial charge in [-0.2, -0.15) is 0 Å². The van der Waals surface area contributed by atoms with Crippen LogP contribution in [0.1, 0.15) is 56.1 Å². The number of aliphatic hydroxyl groups is 1. The number of carbonyl (C=O) groups excluding carboxylic acids is 1. The van der Waals surface area contributed by atoms with Crippen molar-refractivity contribution in [3.8, 4) is 0 Å². The van der Waals surface area contributed by atoms with Crippen molar-refractivity contribution in [3.63, 3.8) is 0 Å². The van der Waals surface area contributed by atoms with E-state index in [0.29, 0.717) is 29.3 Å². The number of nitrogens with one attached hydrogen (secondary N) is 1. The van der Waals surface area contributed by atoms with E-state index in [9.17, 15) is 9.90 Å². The Kier molecular flexibility index (Phi) is 6.22. The van der Waals surface area contributed by atoms with Crippen molar-refractivity contribution < 1.29 is 9.90 Å². The molecule has 164 valence electrons. The molecule has 2 fully saturated rings. The Morgan fingerprint density at radius 2 is 1.90 bits per heavy atom. The lowest BCUT2D eigenvalue weighted by Crippen LogP contribution is -2.55. The molecule has 1 amide bonds. The quantitative estimate of drug-likeness (QED) is 0.483. The molecule has 0 aromatic heterocycles. The monoisotopic (exact) mass is 457 g/mol. The molecule has 1 heterocycles. The molecular formula is C26H29Cl2NO2. The average molecular weight is 458 g/mol. The minimum atomic E-state index is -1.01. The molecule has 1 saturated carbocycles. The molecule has 0 radical (unpaired) electrons. The Labute approximate surface area is 194 Å². The van der Waals surface area contributed by atoms with Crippen LogP contribution in [-0.2, 0) is 10.4 Å². The van der Waals surface area contributed by atoms with E-state index >= 15 is 0 Å². The van der Waals surface area contributed by atoms with Crippen LogP contribution >= 0.6 is 23.2 Å². The van der Waals surface area contributed by atoms with Gasteiger partial charge in [0.15, 0.2) is 0 Å². The van der Waals surface area contributed by atoms with Crippen molar-refractivity contribution in [1.29, 1.82) is 0 Å². The van der Waals surface area contributed by atoms with E-state index in [1.165, 1.54) is 0 Å². The van der Waals surface area contributed by atoms with Crippen LogP contribution in [0.25, 0.3) is 0 Å². The highest BCUT2D eigenvalue weighted by Crippen LogP contribution is 2.51. The van der Waals surface area contributed by atoms with Gasteiger partial charge in [-0.05, 0) is 67.0 Å². The molecule has 5 heteroatoms. The molecule has 1 unspecified atom stereocenters. The second-order valence-electron chi connectivity index (χ2n) is 9.41. The van der Waals surface area contributed by atoms with Crippen molar-refractivity contribution in [2.75, 3.05) is 0 Å². The maximum Gasteiger partial charge on any atom is 0.226 e. The Hall–Kier alpha value is -1.81. The fourth-order valence-electron chi connectivity index (χ4n) is 5.09. The highest BCUT2D eigenvalue weighted by Gasteiger charge is 2.51. The van der Waals surface area contributed by atoms with Gasteiger partial charge in [0.1, 0.15) is 0 Å². The highest BCUT2D eigenvalue weighted by molar-refractivity contribution is 6.30. The van der Waals surface area contributed by atoms with Gasteiger partial charge in [0.25, 0.3) is 0 Å². The predicted molar refractivity (Wildman–Crippen MR) is 126 cm³/mol. The van der Waals surface area contributed by atoms with Gasteiger partial charge >= 0.3 is 0 Å². The summed E-state index contributed by atoms with van der Waals surface area (Å²) < 4.78 is 0. The lowest BCUT2D eigenvalue weighted by atomic mass is 9.67. The number of carbonyl (C=O) groups is 1. The van der Waals surface area contributed by atoms with E-state index in [4.69, 9.17) is 23.2 Å². The molecule has 4 atom stereocenters. The summed E-state index contributed by atoms with van der Waals surface area (Å²) >= 11 is 12.4. The molecule has 2 aliphatic rings. The molecule has 0 spiro atoms. The molecule has 2 aromatic carbocycles. The third-order valence-electron chi connectivity index (χ3n) is 7.02. The summed E-state index contributed by atoms with van der Waals surface area (Å²) in [4.78, 5) is 13.1. The van der Waals surface area contributed by atoms with Crippen molar-refractivity contribution in [3.05, 3.63) is 82.4 Å². The first-order chi connectivity index (χ1) is 14.7. The SMILES string of the molecule is C=CC[C@@]1(C)C[C@H](c2cccc(Cl)c2)[C@H](CC(O)(c2ccc(Cl)cc2)C2CC2)NC1=O. The Balaban J connectivity index is 1.70. The zero-order valence-electron chi connectivity index (χ0n) is 17.8. The summed E-state index contributed by atoms with van der Waals surface area (Å²) in [5, 5.41) is 16.4. The van der Waals surface area contributed by atoms with Gasteiger partial charge in [-0.15, -0.1) is 6.58 Å². The van der Waals surface area contributed by atoms with Crippen LogP contribution in [-0.4, -0.2) is 17.1 Å². The largest absolute Gasteiger partial charge is 0.385 e. The molecule has 2 N–H and O–H groups in total. The number of piperidine rings is 1. The summed E-state index contributed by atoms with van der Waals surface area (Å²) in [5.74, 6) is 0.246. The molecular weight excluding hydrogens is 429 g/mol. The van der Waals surface area contributed by atoms with E-state index in [1.807, 2.05) is 55.5 Å². The minimum Gasteiger partial charge on any atom is -0.385 e. The topological polar surface area (TPSA) is 49.3 Å². The first-order valence-corrected chi connectivity index (χ1v) is 11.7. The Morgan fingerprint density at radius 1 is 1.19 bits per heavy atom. The fraction of sp³-hybridized carbons (Fsp3) is 0.423. The molecule has 4 rings (SSSR count). The molecule has 1 aliphatic heterocycles. The third kappa shape index (κ3) is 4.55. The standard InChI is InChI=1S/C26H29Cl2NO2/c1-3-13-25(2)15-22(17-5-4-6-21(28)14-17)23(29-24(25)30)16-26(31,18-7-8-18)19-9-11-20(27)12-10-19/h3-6,9-12,14,18,22-23,31H,1,7-8,13,15-16H2,2H3,(H,29,30)/t22-,23+,25+,26?/m1/s1. The maximum atomic E-state index is 13.1. The second-order valence-corrected chi connectivity index (χ2v) is 10.3. The van der Waals surface area contributed by atoms with Crippen molar-refractivity contribution in [2.24, 2.45) is 11.3 Å². The summed E-state index contributed by atoms with van der Waals surface area (Å²) in [6.07, 6.45) is 5.51. The summed E-state index contributed by atoms with van der Waals surface area (Å²) in [5.41, 5.74) is 0.398. The number of hydrogen-bond acceptors (Lipinski definition) is 2. The lowest BCUT2D eigenvalue weighted by Gasteiger charge is -2.45. The number of rotatable bonds is 7. The van der Waals surface area contributed by atoms with E-state index < -0.39 is 11.0 Å². The third-order valence-corrected chi connectivity index (χ3v) is 7.51. The van der Waals surface area contributed by atoms with E-state index in [1.54, 1.807) is 0 Å². The molecule has 3 nitrogen and oxygen atoms in total. The lowest BCUT2D eigenvalue weighted by molar-refractivity contribution is -0.135. The number of benzene rings is 2. The first-order valence-electron chi connectivity index (χ1n) is 10.9.